The maximum Gasteiger partial charge on any atom is 0.332 e. The van der Waals surface area contributed by atoms with Crippen molar-refractivity contribution in [3.8, 4) is 5.75 Å². The molecule has 1 atom stereocenters. The fourth-order valence-corrected chi connectivity index (χ4v) is 3.52. The van der Waals surface area contributed by atoms with Crippen LogP contribution in [0, 0.1) is 0 Å². The molecule has 0 spiro atoms. The van der Waals surface area contributed by atoms with Gasteiger partial charge in [0.2, 0.25) is 5.95 Å². The highest BCUT2D eigenvalue weighted by molar-refractivity contribution is 6.30. The van der Waals surface area contributed by atoms with E-state index >= 15 is 0 Å². The molecule has 0 aliphatic heterocycles. The SMILES string of the molecule is Cn1c(=O)c2c(nc(NN=Cc3ccc(Cl)cc3)n2CC(O)COc2ccccc2)n(C)c1=O. The molecule has 2 N–H and O–H groups in total. The van der Waals surface area contributed by atoms with E-state index < -0.39 is 17.4 Å². The molecule has 2 aromatic heterocycles. The largest absolute Gasteiger partial charge is 0.491 e. The summed E-state index contributed by atoms with van der Waals surface area (Å²) in [6.07, 6.45) is 0.590. The topological polar surface area (TPSA) is 116 Å². The van der Waals surface area contributed by atoms with Crippen LogP contribution in [-0.2, 0) is 20.6 Å². The number of hydrazone groups is 1. The van der Waals surface area contributed by atoms with Crippen LogP contribution in [0.4, 0.5) is 5.95 Å². The van der Waals surface area contributed by atoms with Gasteiger partial charge in [-0.25, -0.2) is 10.2 Å². The van der Waals surface area contributed by atoms with Gasteiger partial charge < -0.3 is 14.4 Å². The number of nitrogens with one attached hydrogen (secondary N) is 1. The summed E-state index contributed by atoms with van der Waals surface area (Å²) in [5, 5.41) is 15.4. The molecule has 4 aromatic rings. The smallest absolute Gasteiger partial charge is 0.332 e. The van der Waals surface area contributed by atoms with Crippen LogP contribution in [0.15, 0.2) is 69.3 Å². The van der Waals surface area contributed by atoms with Crippen LogP contribution in [-0.4, -0.2) is 42.7 Å². The van der Waals surface area contributed by atoms with E-state index in [0.717, 1.165) is 10.1 Å². The number of rotatable bonds is 8. The molecule has 4 rings (SSSR count). The van der Waals surface area contributed by atoms with Crippen LogP contribution in [0.5, 0.6) is 5.75 Å². The van der Waals surface area contributed by atoms with Crippen LogP contribution in [0.25, 0.3) is 11.2 Å². The molecule has 0 radical (unpaired) electrons. The molecule has 11 heteroatoms. The summed E-state index contributed by atoms with van der Waals surface area (Å²) in [5.74, 6) is 0.804. The number of aryl methyl sites for hydroxylation is 1. The van der Waals surface area contributed by atoms with Crippen molar-refractivity contribution in [3.05, 3.63) is 86.0 Å². The van der Waals surface area contributed by atoms with Crippen molar-refractivity contribution in [2.75, 3.05) is 12.0 Å². The second kappa shape index (κ2) is 9.94. The predicted molar refractivity (Wildman–Crippen MR) is 131 cm³/mol. The lowest BCUT2D eigenvalue weighted by atomic mass is 10.2. The minimum absolute atomic E-state index is 0.0107. The molecule has 0 fully saturated rings. The number of aliphatic hydroxyl groups excluding tert-OH is 1. The van der Waals surface area contributed by atoms with E-state index in [1.165, 1.54) is 23.2 Å². The Hall–Kier alpha value is -3.89. The van der Waals surface area contributed by atoms with Gasteiger partial charge in [0, 0.05) is 19.1 Å². The molecular weight excluding hydrogens is 460 g/mol. The van der Waals surface area contributed by atoms with Crippen LogP contribution >= 0.6 is 11.6 Å². The van der Waals surface area contributed by atoms with Crippen LogP contribution in [0.1, 0.15) is 5.56 Å². The van der Waals surface area contributed by atoms with Gasteiger partial charge in [0.15, 0.2) is 11.2 Å². The van der Waals surface area contributed by atoms with Gasteiger partial charge in [0.25, 0.3) is 5.56 Å². The van der Waals surface area contributed by atoms with Gasteiger partial charge in [0.05, 0.1) is 12.8 Å². The number of fused-ring (bicyclic) bond motifs is 1. The lowest BCUT2D eigenvalue weighted by Crippen LogP contribution is -2.38. The van der Waals surface area contributed by atoms with Gasteiger partial charge in [-0.1, -0.05) is 41.9 Å². The fraction of sp³-hybridized carbons (Fsp3) is 0.217. The maximum absolute atomic E-state index is 12.9. The molecule has 0 saturated carbocycles. The second-order valence-corrected chi connectivity index (χ2v) is 8.06. The van der Waals surface area contributed by atoms with Gasteiger partial charge in [0.1, 0.15) is 18.5 Å². The molecule has 0 amide bonds. The van der Waals surface area contributed by atoms with E-state index in [9.17, 15) is 14.7 Å². The molecule has 0 aliphatic carbocycles. The van der Waals surface area contributed by atoms with E-state index in [4.69, 9.17) is 16.3 Å². The predicted octanol–water partition coefficient (Wildman–Crippen LogP) is 1.97. The number of benzene rings is 2. The van der Waals surface area contributed by atoms with Crippen molar-refractivity contribution >= 4 is 34.9 Å². The lowest BCUT2D eigenvalue weighted by molar-refractivity contribution is 0.0938. The Morgan fingerprint density at radius 3 is 2.53 bits per heavy atom. The molecule has 0 saturated heterocycles. The molecule has 0 bridgehead atoms. The van der Waals surface area contributed by atoms with Gasteiger partial charge in [-0.2, -0.15) is 10.1 Å². The van der Waals surface area contributed by atoms with Crippen molar-refractivity contribution in [2.24, 2.45) is 19.2 Å². The van der Waals surface area contributed by atoms with Gasteiger partial charge in [-0.3, -0.25) is 13.9 Å². The Labute approximate surface area is 199 Å². The molecule has 2 heterocycles. The fourth-order valence-electron chi connectivity index (χ4n) is 3.40. The highest BCUT2D eigenvalue weighted by Crippen LogP contribution is 2.17. The lowest BCUT2D eigenvalue weighted by Gasteiger charge is -2.15. The maximum atomic E-state index is 12.9. The van der Waals surface area contributed by atoms with E-state index in [2.05, 4.69) is 15.5 Å². The Kier molecular flexibility index (Phi) is 6.80. The Morgan fingerprint density at radius 1 is 1.12 bits per heavy atom. The van der Waals surface area contributed by atoms with Gasteiger partial charge in [-0.05, 0) is 29.8 Å². The van der Waals surface area contributed by atoms with Crippen molar-refractivity contribution in [1.82, 2.24) is 18.7 Å². The van der Waals surface area contributed by atoms with E-state index in [-0.39, 0.29) is 30.3 Å². The number of hydrogen-bond acceptors (Lipinski definition) is 7. The number of para-hydroxylation sites is 1. The normalized spacial score (nSPS) is 12.4. The number of ether oxygens (including phenoxy) is 1. The zero-order valence-corrected chi connectivity index (χ0v) is 19.3. The number of hydrogen-bond donors (Lipinski definition) is 2. The zero-order chi connectivity index (χ0) is 24.2. The molecule has 2 aromatic carbocycles. The third-order valence-electron chi connectivity index (χ3n) is 5.18. The average Bonchev–Trinajstić information content (AvgIpc) is 3.20. The third-order valence-corrected chi connectivity index (χ3v) is 5.43. The monoisotopic (exact) mass is 482 g/mol. The summed E-state index contributed by atoms with van der Waals surface area (Å²) in [4.78, 5) is 29.7. The summed E-state index contributed by atoms with van der Waals surface area (Å²) in [7, 11) is 2.92. The molecule has 34 heavy (non-hydrogen) atoms. The highest BCUT2D eigenvalue weighted by Gasteiger charge is 2.21. The van der Waals surface area contributed by atoms with Crippen LogP contribution in [0.2, 0.25) is 5.02 Å². The van der Waals surface area contributed by atoms with Crippen LogP contribution in [0.3, 0.4) is 0 Å². The van der Waals surface area contributed by atoms with Crippen molar-refractivity contribution in [2.45, 2.75) is 12.6 Å². The number of anilines is 1. The first-order valence-corrected chi connectivity index (χ1v) is 10.8. The zero-order valence-electron chi connectivity index (χ0n) is 18.6. The molecule has 176 valence electrons. The third kappa shape index (κ3) is 4.87. The summed E-state index contributed by atoms with van der Waals surface area (Å²) < 4.78 is 9.39. The minimum atomic E-state index is -0.972. The summed E-state index contributed by atoms with van der Waals surface area (Å²) in [6.45, 7) is -0.0289. The molecular formula is C23H23ClN6O4. The average molecular weight is 483 g/mol. The summed E-state index contributed by atoms with van der Waals surface area (Å²) in [5.41, 5.74) is 2.90. The second-order valence-electron chi connectivity index (χ2n) is 7.62. The number of imidazole rings is 1. The van der Waals surface area contributed by atoms with E-state index in [1.807, 2.05) is 18.2 Å². The van der Waals surface area contributed by atoms with E-state index in [0.29, 0.717) is 10.8 Å². The first-order valence-electron chi connectivity index (χ1n) is 10.4. The standard InChI is InChI=1S/C23H23ClN6O4/c1-28-20-19(21(32)29(2)23(28)33)30(13-17(31)14-34-18-6-4-3-5-7-18)22(26-20)27-25-12-15-8-10-16(24)11-9-15/h3-12,17,31H,13-14H2,1-2H3,(H,26,27). The Morgan fingerprint density at radius 2 is 1.82 bits per heavy atom. The quantitative estimate of drug-likeness (QED) is 0.293. The summed E-state index contributed by atoms with van der Waals surface area (Å²) >= 11 is 5.91. The highest BCUT2D eigenvalue weighted by atomic mass is 35.5. The molecule has 0 aliphatic rings. The number of aliphatic hydroxyl groups is 1. The molecule has 1 unspecified atom stereocenters. The number of halogens is 1. The number of nitrogens with zero attached hydrogens (tertiary/aromatic N) is 5. The van der Waals surface area contributed by atoms with E-state index in [1.54, 1.807) is 42.6 Å². The molecule has 10 nitrogen and oxygen atoms in total. The van der Waals surface area contributed by atoms with Crippen molar-refractivity contribution < 1.29 is 9.84 Å². The van der Waals surface area contributed by atoms with Crippen LogP contribution < -0.4 is 21.4 Å². The summed E-state index contributed by atoms with van der Waals surface area (Å²) in [6, 6.07) is 16.1. The van der Waals surface area contributed by atoms with Crippen molar-refractivity contribution in [3.63, 3.8) is 0 Å². The van der Waals surface area contributed by atoms with Gasteiger partial charge >= 0.3 is 5.69 Å². The van der Waals surface area contributed by atoms with Crippen molar-refractivity contribution in [1.29, 1.82) is 0 Å². The number of aromatic nitrogens is 4. The first-order chi connectivity index (χ1) is 16.3. The Balaban J connectivity index is 1.66. The first kappa shape index (κ1) is 23.3. The van der Waals surface area contributed by atoms with Gasteiger partial charge in [-0.15, -0.1) is 0 Å². The Bertz CT molecular complexity index is 1440. The minimum Gasteiger partial charge on any atom is -0.491 e.